The molecule has 4 heteroatoms. The third kappa shape index (κ3) is 3.01. The van der Waals surface area contributed by atoms with Gasteiger partial charge < -0.3 is 9.47 Å². The molecule has 0 aromatic heterocycles. The Morgan fingerprint density at radius 2 is 1.89 bits per heavy atom. The monoisotopic (exact) mass is 249 g/mol. The Hall–Kier alpha value is -1.55. The number of carbonyl (C=O) groups is 1. The summed E-state index contributed by atoms with van der Waals surface area (Å²) in [4.78, 5) is 13.8. The molecule has 0 radical (unpaired) electrons. The average molecular weight is 249 g/mol. The van der Waals surface area contributed by atoms with Gasteiger partial charge in [0.05, 0.1) is 25.3 Å². The molecule has 1 aromatic carbocycles. The fourth-order valence-electron chi connectivity index (χ4n) is 2.16. The fraction of sp³-hybridized carbons (Fsp3) is 0.500. The number of rotatable bonds is 2. The van der Waals surface area contributed by atoms with Crippen molar-refractivity contribution >= 4 is 6.09 Å². The van der Waals surface area contributed by atoms with Crippen LogP contribution in [0, 0.1) is 0 Å². The number of morpholine rings is 1. The van der Waals surface area contributed by atoms with Crippen LogP contribution < -0.4 is 0 Å². The SMILES string of the molecule is CC1COCC(C)N1C(=O)OCc1ccccc1. The highest BCUT2D eigenvalue weighted by molar-refractivity contribution is 5.68. The zero-order valence-corrected chi connectivity index (χ0v) is 10.8. The Bertz CT molecular complexity index is 383. The molecule has 1 saturated heterocycles. The number of hydrogen-bond acceptors (Lipinski definition) is 3. The Morgan fingerprint density at radius 1 is 1.28 bits per heavy atom. The quantitative estimate of drug-likeness (QED) is 0.808. The number of nitrogens with zero attached hydrogens (tertiary/aromatic N) is 1. The third-order valence-corrected chi connectivity index (χ3v) is 3.08. The van der Waals surface area contributed by atoms with Crippen molar-refractivity contribution in [2.45, 2.75) is 32.5 Å². The van der Waals surface area contributed by atoms with Crippen LogP contribution in [0.1, 0.15) is 19.4 Å². The van der Waals surface area contributed by atoms with Crippen molar-refractivity contribution in [2.24, 2.45) is 0 Å². The molecule has 0 spiro atoms. The molecule has 1 aromatic rings. The van der Waals surface area contributed by atoms with Gasteiger partial charge in [0.25, 0.3) is 0 Å². The van der Waals surface area contributed by atoms with E-state index in [1.54, 1.807) is 4.90 Å². The van der Waals surface area contributed by atoms with Gasteiger partial charge in [0.1, 0.15) is 6.61 Å². The Labute approximate surface area is 107 Å². The van der Waals surface area contributed by atoms with E-state index in [0.29, 0.717) is 19.8 Å². The molecule has 1 fully saturated rings. The number of benzene rings is 1. The standard InChI is InChI=1S/C14H19NO3/c1-11-8-17-9-12(2)15(11)14(16)18-10-13-6-4-3-5-7-13/h3-7,11-12H,8-10H2,1-2H3. The van der Waals surface area contributed by atoms with E-state index >= 15 is 0 Å². The molecular formula is C14H19NO3. The summed E-state index contributed by atoms with van der Waals surface area (Å²) < 4.78 is 10.7. The Kier molecular flexibility index (Phi) is 4.20. The van der Waals surface area contributed by atoms with Gasteiger partial charge in [0, 0.05) is 0 Å². The summed E-state index contributed by atoms with van der Waals surface area (Å²) in [7, 11) is 0. The molecule has 1 aliphatic rings. The van der Waals surface area contributed by atoms with Crippen molar-refractivity contribution in [3.05, 3.63) is 35.9 Å². The van der Waals surface area contributed by atoms with Crippen molar-refractivity contribution < 1.29 is 14.3 Å². The van der Waals surface area contributed by atoms with Crippen molar-refractivity contribution in [1.29, 1.82) is 0 Å². The lowest BCUT2D eigenvalue weighted by molar-refractivity contribution is -0.0347. The van der Waals surface area contributed by atoms with Gasteiger partial charge in [-0.15, -0.1) is 0 Å². The molecule has 0 saturated carbocycles. The Morgan fingerprint density at radius 3 is 2.50 bits per heavy atom. The van der Waals surface area contributed by atoms with Crippen molar-refractivity contribution in [2.75, 3.05) is 13.2 Å². The molecule has 2 unspecified atom stereocenters. The predicted octanol–water partition coefficient (Wildman–Crippen LogP) is 2.43. The van der Waals surface area contributed by atoms with Crippen LogP contribution in [-0.2, 0) is 16.1 Å². The summed E-state index contributed by atoms with van der Waals surface area (Å²) in [5.41, 5.74) is 0.999. The minimum Gasteiger partial charge on any atom is -0.445 e. The maximum atomic E-state index is 12.0. The topological polar surface area (TPSA) is 38.8 Å². The van der Waals surface area contributed by atoms with Crippen molar-refractivity contribution in [1.82, 2.24) is 4.90 Å². The van der Waals surface area contributed by atoms with Gasteiger partial charge in [-0.3, -0.25) is 4.90 Å². The second kappa shape index (κ2) is 5.87. The van der Waals surface area contributed by atoms with Gasteiger partial charge in [-0.05, 0) is 19.4 Å². The molecule has 98 valence electrons. The lowest BCUT2D eigenvalue weighted by Crippen LogP contribution is -2.52. The lowest BCUT2D eigenvalue weighted by Gasteiger charge is -2.37. The van der Waals surface area contributed by atoms with E-state index in [1.165, 1.54) is 0 Å². The van der Waals surface area contributed by atoms with Gasteiger partial charge in [-0.2, -0.15) is 0 Å². The molecule has 1 amide bonds. The fourth-order valence-corrected chi connectivity index (χ4v) is 2.16. The normalized spacial score (nSPS) is 23.8. The lowest BCUT2D eigenvalue weighted by atomic mass is 10.2. The summed E-state index contributed by atoms with van der Waals surface area (Å²) in [5.74, 6) is 0. The van der Waals surface area contributed by atoms with Crippen LogP contribution in [0.25, 0.3) is 0 Å². The zero-order valence-electron chi connectivity index (χ0n) is 10.8. The molecule has 4 nitrogen and oxygen atoms in total. The van der Waals surface area contributed by atoms with E-state index in [9.17, 15) is 4.79 Å². The largest absolute Gasteiger partial charge is 0.445 e. The first-order chi connectivity index (χ1) is 8.68. The number of carbonyl (C=O) groups excluding carboxylic acids is 1. The number of amides is 1. The van der Waals surface area contributed by atoms with Crippen molar-refractivity contribution in [3.8, 4) is 0 Å². The molecule has 2 rings (SSSR count). The van der Waals surface area contributed by atoms with E-state index in [4.69, 9.17) is 9.47 Å². The van der Waals surface area contributed by atoms with E-state index < -0.39 is 0 Å². The van der Waals surface area contributed by atoms with Crippen LogP contribution in [0.4, 0.5) is 4.79 Å². The van der Waals surface area contributed by atoms with Crippen LogP contribution in [0.15, 0.2) is 30.3 Å². The maximum absolute atomic E-state index is 12.0. The minimum atomic E-state index is -0.262. The molecule has 1 aliphatic heterocycles. The van der Waals surface area contributed by atoms with E-state index in [0.717, 1.165) is 5.56 Å². The number of hydrogen-bond donors (Lipinski definition) is 0. The van der Waals surface area contributed by atoms with Gasteiger partial charge in [0.15, 0.2) is 0 Å². The summed E-state index contributed by atoms with van der Waals surface area (Å²) >= 11 is 0. The van der Waals surface area contributed by atoms with Crippen LogP contribution in [-0.4, -0.2) is 36.3 Å². The third-order valence-electron chi connectivity index (χ3n) is 3.08. The number of ether oxygens (including phenoxy) is 2. The van der Waals surface area contributed by atoms with Crippen LogP contribution >= 0.6 is 0 Å². The highest BCUT2D eigenvalue weighted by Crippen LogP contribution is 2.15. The first-order valence-electron chi connectivity index (χ1n) is 6.25. The van der Waals surface area contributed by atoms with E-state index in [2.05, 4.69) is 0 Å². The van der Waals surface area contributed by atoms with Crippen LogP contribution in [0.2, 0.25) is 0 Å². The molecular weight excluding hydrogens is 230 g/mol. The maximum Gasteiger partial charge on any atom is 0.410 e. The first kappa shape index (κ1) is 12.9. The molecule has 0 bridgehead atoms. The Balaban J connectivity index is 1.91. The molecule has 18 heavy (non-hydrogen) atoms. The molecule has 2 atom stereocenters. The van der Waals surface area contributed by atoms with Gasteiger partial charge >= 0.3 is 6.09 Å². The smallest absolute Gasteiger partial charge is 0.410 e. The molecule has 0 aliphatic carbocycles. The second-order valence-electron chi connectivity index (χ2n) is 4.68. The van der Waals surface area contributed by atoms with Gasteiger partial charge in [0.2, 0.25) is 0 Å². The summed E-state index contributed by atoms with van der Waals surface area (Å²) in [6.45, 7) is 5.41. The highest BCUT2D eigenvalue weighted by atomic mass is 16.6. The summed E-state index contributed by atoms with van der Waals surface area (Å²) in [6, 6.07) is 9.83. The second-order valence-corrected chi connectivity index (χ2v) is 4.68. The average Bonchev–Trinajstić information content (AvgIpc) is 2.37. The van der Waals surface area contributed by atoms with Gasteiger partial charge in [-0.25, -0.2) is 4.79 Å². The molecule has 1 heterocycles. The van der Waals surface area contributed by atoms with Crippen LogP contribution in [0.3, 0.4) is 0 Å². The predicted molar refractivity (Wildman–Crippen MR) is 68.2 cm³/mol. The minimum absolute atomic E-state index is 0.0667. The highest BCUT2D eigenvalue weighted by Gasteiger charge is 2.30. The first-order valence-corrected chi connectivity index (χ1v) is 6.25. The van der Waals surface area contributed by atoms with Gasteiger partial charge in [-0.1, -0.05) is 30.3 Å². The van der Waals surface area contributed by atoms with E-state index in [1.807, 2.05) is 44.2 Å². The summed E-state index contributed by atoms with van der Waals surface area (Å²) in [6.07, 6.45) is -0.262. The molecule has 0 N–H and O–H groups in total. The van der Waals surface area contributed by atoms with Crippen LogP contribution in [0.5, 0.6) is 0 Å². The zero-order chi connectivity index (χ0) is 13.0. The van der Waals surface area contributed by atoms with E-state index in [-0.39, 0.29) is 18.2 Å². The van der Waals surface area contributed by atoms with Crippen molar-refractivity contribution in [3.63, 3.8) is 0 Å². The summed E-state index contributed by atoms with van der Waals surface area (Å²) in [5, 5.41) is 0.